The van der Waals surface area contributed by atoms with E-state index in [0.29, 0.717) is 31.7 Å². The van der Waals surface area contributed by atoms with Crippen LogP contribution in [-0.4, -0.2) is 50.4 Å². The molecule has 1 N–H and O–H groups in total. The summed E-state index contributed by atoms with van der Waals surface area (Å²) < 4.78 is 1.94. The Kier molecular flexibility index (Phi) is 5.59. The van der Waals surface area contributed by atoms with Crippen LogP contribution in [0.1, 0.15) is 50.8 Å². The SMILES string of the molecule is Cn1c(CCC(=O)N[C@@H]2CC(=O)N(CC3CCCCC3)C2)nc2cccnc21. The third-order valence-electron chi connectivity index (χ3n) is 6.08. The molecule has 1 atom stereocenters. The van der Waals surface area contributed by atoms with Crippen molar-refractivity contribution in [3.05, 3.63) is 24.2 Å². The lowest BCUT2D eigenvalue weighted by Crippen LogP contribution is -2.38. The molecule has 2 aliphatic rings. The van der Waals surface area contributed by atoms with Crippen molar-refractivity contribution in [2.45, 2.75) is 57.4 Å². The lowest BCUT2D eigenvalue weighted by molar-refractivity contribution is -0.128. The molecule has 0 radical (unpaired) electrons. The Morgan fingerprint density at radius 3 is 2.89 bits per heavy atom. The standard InChI is InChI=1S/C21H29N5O2/c1-25-18(24-17-8-5-11-22-21(17)25)9-10-19(27)23-16-12-20(28)26(14-16)13-15-6-3-2-4-7-15/h5,8,11,15-16H,2-4,6-7,9-10,12-14H2,1H3,(H,23,27)/t16-/m1/s1. The van der Waals surface area contributed by atoms with Gasteiger partial charge in [-0.15, -0.1) is 0 Å². The fraction of sp³-hybridized carbons (Fsp3) is 0.619. The monoisotopic (exact) mass is 383 g/mol. The number of hydrogen-bond donors (Lipinski definition) is 1. The summed E-state index contributed by atoms with van der Waals surface area (Å²) in [5, 5.41) is 3.05. The van der Waals surface area contributed by atoms with Crippen molar-refractivity contribution in [1.29, 1.82) is 0 Å². The predicted octanol–water partition coefficient (Wildman–Crippen LogP) is 2.20. The van der Waals surface area contributed by atoms with Crippen molar-refractivity contribution in [2.24, 2.45) is 13.0 Å². The highest BCUT2D eigenvalue weighted by molar-refractivity contribution is 5.82. The van der Waals surface area contributed by atoms with Gasteiger partial charge in [0.2, 0.25) is 11.8 Å². The molecule has 2 aromatic rings. The Bertz CT molecular complexity index is 856. The van der Waals surface area contributed by atoms with Crippen LogP contribution < -0.4 is 5.32 Å². The molecular formula is C21H29N5O2. The second kappa shape index (κ2) is 8.29. The number of fused-ring (bicyclic) bond motifs is 1. The van der Waals surface area contributed by atoms with Crippen molar-refractivity contribution >= 4 is 23.0 Å². The summed E-state index contributed by atoms with van der Waals surface area (Å²) in [6, 6.07) is 3.73. The number of likely N-dealkylation sites (tertiary alicyclic amines) is 1. The van der Waals surface area contributed by atoms with E-state index in [1.807, 2.05) is 28.6 Å². The maximum atomic E-state index is 12.4. The summed E-state index contributed by atoms with van der Waals surface area (Å²) in [4.78, 5) is 35.6. The molecule has 2 fully saturated rings. The van der Waals surface area contributed by atoms with Gasteiger partial charge in [0.05, 0.1) is 6.04 Å². The van der Waals surface area contributed by atoms with Crippen molar-refractivity contribution < 1.29 is 9.59 Å². The van der Waals surface area contributed by atoms with Gasteiger partial charge >= 0.3 is 0 Å². The minimum absolute atomic E-state index is 0.0164. The fourth-order valence-corrected chi connectivity index (χ4v) is 4.55. The third kappa shape index (κ3) is 4.18. The molecule has 0 bridgehead atoms. The molecule has 2 amide bonds. The van der Waals surface area contributed by atoms with Crippen molar-refractivity contribution in [3.63, 3.8) is 0 Å². The predicted molar refractivity (Wildman–Crippen MR) is 107 cm³/mol. The maximum absolute atomic E-state index is 12.4. The highest BCUT2D eigenvalue weighted by Crippen LogP contribution is 2.26. The molecule has 0 unspecified atom stereocenters. The first kappa shape index (κ1) is 18.9. The number of carbonyl (C=O) groups excluding carboxylic acids is 2. The van der Waals surface area contributed by atoms with Crippen LogP contribution in [-0.2, 0) is 23.1 Å². The van der Waals surface area contributed by atoms with Gasteiger partial charge in [0.15, 0.2) is 5.65 Å². The number of rotatable bonds is 6. The van der Waals surface area contributed by atoms with Gasteiger partial charge in [0.1, 0.15) is 11.3 Å². The Morgan fingerprint density at radius 1 is 1.29 bits per heavy atom. The number of imidazole rings is 1. The molecule has 7 nitrogen and oxygen atoms in total. The van der Waals surface area contributed by atoms with Crippen LogP contribution in [0.4, 0.5) is 0 Å². The molecule has 150 valence electrons. The van der Waals surface area contributed by atoms with Crippen molar-refractivity contribution in [2.75, 3.05) is 13.1 Å². The quantitative estimate of drug-likeness (QED) is 0.829. The van der Waals surface area contributed by atoms with E-state index in [9.17, 15) is 9.59 Å². The molecule has 1 aliphatic heterocycles. The molecule has 7 heteroatoms. The van der Waals surface area contributed by atoms with Crippen molar-refractivity contribution in [3.8, 4) is 0 Å². The lowest BCUT2D eigenvalue weighted by Gasteiger charge is -2.27. The van der Waals surface area contributed by atoms with Gasteiger partial charge in [-0.25, -0.2) is 9.97 Å². The summed E-state index contributed by atoms with van der Waals surface area (Å²) in [5.74, 6) is 1.65. The summed E-state index contributed by atoms with van der Waals surface area (Å²) in [6.45, 7) is 1.51. The van der Waals surface area contributed by atoms with E-state index in [2.05, 4.69) is 15.3 Å². The molecule has 2 aromatic heterocycles. The van der Waals surface area contributed by atoms with Crippen LogP contribution in [0.15, 0.2) is 18.3 Å². The van der Waals surface area contributed by atoms with Gasteiger partial charge in [-0.05, 0) is 30.9 Å². The van der Waals surface area contributed by atoms with E-state index < -0.39 is 0 Å². The molecule has 1 saturated carbocycles. The summed E-state index contributed by atoms with van der Waals surface area (Å²) >= 11 is 0. The smallest absolute Gasteiger partial charge is 0.224 e. The first-order valence-corrected chi connectivity index (χ1v) is 10.4. The minimum atomic E-state index is -0.0642. The minimum Gasteiger partial charge on any atom is -0.351 e. The van der Waals surface area contributed by atoms with Crippen LogP contribution in [0.2, 0.25) is 0 Å². The van der Waals surface area contributed by atoms with Crippen LogP contribution in [0.5, 0.6) is 0 Å². The average molecular weight is 383 g/mol. The number of nitrogens with one attached hydrogen (secondary N) is 1. The molecule has 3 heterocycles. The zero-order valence-corrected chi connectivity index (χ0v) is 16.6. The number of hydrogen-bond acceptors (Lipinski definition) is 4. The van der Waals surface area contributed by atoms with Crippen LogP contribution in [0.25, 0.3) is 11.2 Å². The number of aryl methyl sites for hydroxylation is 2. The van der Waals surface area contributed by atoms with E-state index in [1.54, 1.807) is 6.20 Å². The fourth-order valence-electron chi connectivity index (χ4n) is 4.55. The number of carbonyl (C=O) groups is 2. The van der Waals surface area contributed by atoms with Gasteiger partial charge in [-0.3, -0.25) is 9.59 Å². The molecule has 28 heavy (non-hydrogen) atoms. The van der Waals surface area contributed by atoms with Gasteiger partial charge in [-0.1, -0.05) is 19.3 Å². The topological polar surface area (TPSA) is 80.1 Å². The highest BCUT2D eigenvalue weighted by Gasteiger charge is 2.32. The molecular weight excluding hydrogens is 354 g/mol. The maximum Gasteiger partial charge on any atom is 0.224 e. The molecule has 1 saturated heterocycles. The van der Waals surface area contributed by atoms with Crippen molar-refractivity contribution in [1.82, 2.24) is 24.8 Å². The highest BCUT2D eigenvalue weighted by atomic mass is 16.2. The molecule has 0 aromatic carbocycles. The van der Waals surface area contributed by atoms with E-state index in [-0.39, 0.29) is 17.9 Å². The molecule has 0 spiro atoms. The second-order valence-corrected chi connectivity index (χ2v) is 8.20. The van der Waals surface area contributed by atoms with Gasteiger partial charge in [-0.2, -0.15) is 0 Å². The average Bonchev–Trinajstić information content (AvgIpc) is 3.20. The van der Waals surface area contributed by atoms with Crippen LogP contribution in [0, 0.1) is 5.92 Å². The largest absolute Gasteiger partial charge is 0.351 e. The Hall–Kier alpha value is -2.44. The lowest BCUT2D eigenvalue weighted by atomic mass is 9.89. The van der Waals surface area contributed by atoms with E-state index in [0.717, 1.165) is 23.5 Å². The summed E-state index contributed by atoms with van der Waals surface area (Å²) in [7, 11) is 1.92. The van der Waals surface area contributed by atoms with Gasteiger partial charge < -0.3 is 14.8 Å². The van der Waals surface area contributed by atoms with Crippen LogP contribution in [0.3, 0.4) is 0 Å². The number of amides is 2. The van der Waals surface area contributed by atoms with Gasteiger partial charge in [0, 0.05) is 45.6 Å². The zero-order valence-electron chi connectivity index (χ0n) is 16.6. The Labute approximate surface area is 165 Å². The Morgan fingerprint density at radius 2 is 2.11 bits per heavy atom. The first-order valence-electron chi connectivity index (χ1n) is 10.4. The number of aromatic nitrogens is 3. The third-order valence-corrected chi connectivity index (χ3v) is 6.08. The van der Waals surface area contributed by atoms with E-state index in [1.165, 1.54) is 32.1 Å². The number of pyridine rings is 1. The number of nitrogens with zero attached hydrogens (tertiary/aromatic N) is 4. The summed E-state index contributed by atoms with van der Waals surface area (Å²) in [6.07, 6.45) is 9.45. The van der Waals surface area contributed by atoms with E-state index >= 15 is 0 Å². The zero-order chi connectivity index (χ0) is 19.5. The summed E-state index contributed by atoms with van der Waals surface area (Å²) in [5.41, 5.74) is 1.68. The first-order chi connectivity index (χ1) is 13.6. The molecule has 1 aliphatic carbocycles. The Balaban J connectivity index is 1.26. The second-order valence-electron chi connectivity index (χ2n) is 8.20. The molecule has 4 rings (SSSR count). The van der Waals surface area contributed by atoms with E-state index in [4.69, 9.17) is 0 Å². The van der Waals surface area contributed by atoms with Crippen LogP contribution >= 0.6 is 0 Å². The normalized spacial score (nSPS) is 20.8. The van der Waals surface area contributed by atoms with Gasteiger partial charge in [0.25, 0.3) is 0 Å².